The molecule has 64 valence electrons. The van der Waals surface area contributed by atoms with Gasteiger partial charge in [0.1, 0.15) is 0 Å². The number of carbonyl (C=O) groups is 1. The Morgan fingerprint density at radius 1 is 1.73 bits per heavy atom. The van der Waals surface area contributed by atoms with Crippen molar-refractivity contribution in [2.45, 2.75) is 13.3 Å². The monoisotopic (exact) mass is 159 g/mol. The molecule has 0 aliphatic heterocycles. The molecule has 0 atom stereocenters. The van der Waals surface area contributed by atoms with E-state index in [1.54, 1.807) is 6.92 Å². The zero-order valence-corrected chi connectivity index (χ0v) is 6.52. The van der Waals surface area contributed by atoms with E-state index in [1.165, 1.54) is 0 Å². The molecule has 0 radical (unpaired) electrons. The normalized spacial score (nSPS) is 8.82. The van der Waals surface area contributed by atoms with E-state index in [1.807, 2.05) is 0 Å². The topological polar surface area (TPSA) is 88.2 Å². The summed E-state index contributed by atoms with van der Waals surface area (Å²) in [5.41, 5.74) is 5.04. The number of nitrogens with two attached hydrogens (primary N) is 1. The lowest BCUT2D eigenvalue weighted by molar-refractivity contribution is 0.152. The van der Waals surface area contributed by atoms with Gasteiger partial charge in [0.2, 0.25) is 0 Å². The number of amidine groups is 1. The molecule has 4 N–H and O–H groups in total. The van der Waals surface area contributed by atoms with Gasteiger partial charge in [-0.15, -0.1) is 0 Å². The molecule has 11 heavy (non-hydrogen) atoms. The maximum Gasteiger partial charge on any atom is 0.407 e. The third-order valence-corrected chi connectivity index (χ3v) is 0.939. The molecule has 0 aromatic carbocycles. The maximum atomic E-state index is 10.6. The van der Waals surface area contributed by atoms with Gasteiger partial charge in [-0.2, -0.15) is 0 Å². The van der Waals surface area contributed by atoms with E-state index in [2.05, 4.69) is 10.1 Å². The molecular formula is C6H13N3O2. The molecule has 5 heteroatoms. The molecule has 5 nitrogen and oxygen atoms in total. The molecule has 0 unspecified atom stereocenters. The molecular weight excluding hydrogens is 146 g/mol. The van der Waals surface area contributed by atoms with E-state index in [0.717, 1.165) is 0 Å². The number of alkyl carbamates (subject to hydrolysis) is 1. The van der Waals surface area contributed by atoms with E-state index >= 15 is 0 Å². The number of ether oxygens (including phenoxy) is 1. The van der Waals surface area contributed by atoms with E-state index in [4.69, 9.17) is 11.1 Å². The molecule has 0 aliphatic rings. The maximum absolute atomic E-state index is 10.6. The van der Waals surface area contributed by atoms with Crippen LogP contribution >= 0.6 is 0 Å². The van der Waals surface area contributed by atoms with Gasteiger partial charge in [0.15, 0.2) is 0 Å². The third-order valence-electron chi connectivity index (χ3n) is 0.939. The van der Waals surface area contributed by atoms with E-state index in [-0.39, 0.29) is 5.84 Å². The molecule has 0 saturated heterocycles. The summed E-state index contributed by atoms with van der Waals surface area (Å²) >= 11 is 0. The first-order chi connectivity index (χ1) is 5.16. The van der Waals surface area contributed by atoms with Crippen LogP contribution in [0.15, 0.2) is 0 Å². The second-order valence-electron chi connectivity index (χ2n) is 1.92. The van der Waals surface area contributed by atoms with Crippen molar-refractivity contribution in [3.63, 3.8) is 0 Å². The lowest BCUT2D eigenvalue weighted by Crippen LogP contribution is -2.28. The Labute approximate surface area is 65.4 Å². The second kappa shape index (κ2) is 5.52. The van der Waals surface area contributed by atoms with Crippen LogP contribution in [0.3, 0.4) is 0 Å². The SMILES string of the molecule is CCOC(=O)NCCC(=N)N. The molecule has 0 saturated carbocycles. The molecule has 0 spiro atoms. The van der Waals surface area contributed by atoms with Crippen LogP contribution in [0.4, 0.5) is 4.79 Å². The van der Waals surface area contributed by atoms with Crippen molar-refractivity contribution in [2.24, 2.45) is 5.73 Å². The van der Waals surface area contributed by atoms with Crippen LogP contribution in [0.1, 0.15) is 13.3 Å². The minimum absolute atomic E-state index is 0.0572. The average molecular weight is 159 g/mol. The second-order valence-corrected chi connectivity index (χ2v) is 1.92. The fraction of sp³-hybridized carbons (Fsp3) is 0.667. The lowest BCUT2D eigenvalue weighted by atomic mass is 10.4. The predicted octanol–water partition coefficient (Wildman–Crippen LogP) is 0.0586. The highest BCUT2D eigenvalue weighted by Crippen LogP contribution is 1.78. The summed E-state index contributed by atoms with van der Waals surface area (Å²) in [5, 5.41) is 9.26. The quantitative estimate of drug-likeness (QED) is 0.400. The Kier molecular flexibility index (Phi) is 4.89. The summed E-state index contributed by atoms with van der Waals surface area (Å²) in [6, 6.07) is 0. The highest BCUT2D eigenvalue weighted by molar-refractivity contribution is 5.77. The minimum atomic E-state index is -0.464. The van der Waals surface area contributed by atoms with Crippen molar-refractivity contribution in [3.8, 4) is 0 Å². The van der Waals surface area contributed by atoms with Crippen molar-refractivity contribution in [1.82, 2.24) is 5.32 Å². The van der Waals surface area contributed by atoms with Crippen molar-refractivity contribution in [2.75, 3.05) is 13.2 Å². The Hall–Kier alpha value is -1.26. The molecule has 0 aromatic rings. The zero-order chi connectivity index (χ0) is 8.69. The highest BCUT2D eigenvalue weighted by atomic mass is 16.5. The Bertz CT molecular complexity index is 147. The molecule has 0 aliphatic carbocycles. The van der Waals surface area contributed by atoms with Crippen LogP contribution in [0, 0.1) is 5.41 Å². The van der Waals surface area contributed by atoms with Crippen molar-refractivity contribution >= 4 is 11.9 Å². The van der Waals surface area contributed by atoms with Crippen molar-refractivity contribution < 1.29 is 9.53 Å². The van der Waals surface area contributed by atoms with Gasteiger partial charge in [-0.3, -0.25) is 5.41 Å². The van der Waals surface area contributed by atoms with E-state index in [9.17, 15) is 4.79 Å². The number of rotatable bonds is 4. The van der Waals surface area contributed by atoms with Gasteiger partial charge >= 0.3 is 6.09 Å². The number of hydrogen-bond acceptors (Lipinski definition) is 3. The van der Waals surface area contributed by atoms with Gasteiger partial charge < -0.3 is 15.8 Å². The first kappa shape index (κ1) is 9.74. The van der Waals surface area contributed by atoms with Gasteiger partial charge in [-0.05, 0) is 6.92 Å². The Balaban J connectivity index is 3.24. The summed E-state index contributed by atoms with van der Waals surface area (Å²) < 4.78 is 4.56. The van der Waals surface area contributed by atoms with Gasteiger partial charge in [-0.1, -0.05) is 0 Å². The van der Waals surface area contributed by atoms with Gasteiger partial charge in [0.05, 0.1) is 12.4 Å². The van der Waals surface area contributed by atoms with Crippen molar-refractivity contribution in [1.29, 1.82) is 5.41 Å². The van der Waals surface area contributed by atoms with Gasteiger partial charge in [0.25, 0.3) is 0 Å². The average Bonchev–Trinajstić information content (AvgIpc) is 1.87. The fourth-order valence-electron chi connectivity index (χ4n) is 0.481. The van der Waals surface area contributed by atoms with Gasteiger partial charge in [0, 0.05) is 13.0 Å². The first-order valence-electron chi connectivity index (χ1n) is 3.40. The zero-order valence-electron chi connectivity index (χ0n) is 6.52. The summed E-state index contributed by atoms with van der Waals surface area (Å²) in [5.74, 6) is 0.0572. The van der Waals surface area contributed by atoms with Crippen molar-refractivity contribution in [3.05, 3.63) is 0 Å². The van der Waals surface area contributed by atoms with Crippen LogP contribution in [0.2, 0.25) is 0 Å². The third kappa shape index (κ3) is 6.63. The lowest BCUT2D eigenvalue weighted by Gasteiger charge is -2.03. The number of nitrogens with one attached hydrogen (secondary N) is 2. The molecule has 1 amide bonds. The number of amides is 1. The largest absolute Gasteiger partial charge is 0.450 e. The Morgan fingerprint density at radius 2 is 2.36 bits per heavy atom. The molecule has 0 rings (SSSR count). The Morgan fingerprint density at radius 3 is 2.82 bits per heavy atom. The standard InChI is InChI=1S/C6H13N3O2/c1-2-11-6(10)9-4-3-5(7)8/h2-4H2,1H3,(H3,7,8)(H,9,10). The van der Waals surface area contributed by atoms with E-state index in [0.29, 0.717) is 19.6 Å². The minimum Gasteiger partial charge on any atom is -0.450 e. The molecule has 0 fully saturated rings. The van der Waals surface area contributed by atoms with Gasteiger partial charge in [-0.25, -0.2) is 4.79 Å². The molecule has 0 aromatic heterocycles. The van der Waals surface area contributed by atoms with Crippen LogP contribution in [-0.4, -0.2) is 25.1 Å². The predicted molar refractivity (Wildman–Crippen MR) is 41.6 cm³/mol. The fourth-order valence-corrected chi connectivity index (χ4v) is 0.481. The highest BCUT2D eigenvalue weighted by Gasteiger charge is 1.97. The molecule has 0 heterocycles. The number of carbonyl (C=O) groups excluding carboxylic acids is 1. The summed E-state index contributed by atoms with van der Waals surface area (Å²) in [6.07, 6.45) is -0.104. The smallest absolute Gasteiger partial charge is 0.407 e. The van der Waals surface area contributed by atoms with Crippen LogP contribution in [-0.2, 0) is 4.74 Å². The van der Waals surface area contributed by atoms with E-state index < -0.39 is 6.09 Å². The van der Waals surface area contributed by atoms with Crippen LogP contribution in [0.5, 0.6) is 0 Å². The van der Waals surface area contributed by atoms with Crippen LogP contribution < -0.4 is 11.1 Å². The summed E-state index contributed by atoms with van der Waals surface area (Å²) in [4.78, 5) is 10.6. The first-order valence-corrected chi connectivity index (χ1v) is 3.40. The summed E-state index contributed by atoms with van der Waals surface area (Å²) in [7, 11) is 0. The summed E-state index contributed by atoms with van der Waals surface area (Å²) in [6.45, 7) is 2.44. The van der Waals surface area contributed by atoms with Crippen LogP contribution in [0.25, 0.3) is 0 Å². The molecule has 0 bridgehead atoms. The number of hydrogen-bond donors (Lipinski definition) is 3.